The van der Waals surface area contributed by atoms with Crippen molar-refractivity contribution in [1.29, 1.82) is 0 Å². The fraction of sp³-hybridized carbons (Fsp3) is 0.529. The van der Waals surface area contributed by atoms with Crippen LogP contribution in [0.1, 0.15) is 47.4 Å². The molecule has 24 heavy (non-hydrogen) atoms. The van der Waals surface area contributed by atoms with E-state index in [0.717, 1.165) is 37.1 Å². The maximum Gasteiger partial charge on any atom is 0.308 e. The zero-order valence-corrected chi connectivity index (χ0v) is 14.2. The van der Waals surface area contributed by atoms with Crippen LogP contribution in [0.2, 0.25) is 0 Å². The summed E-state index contributed by atoms with van der Waals surface area (Å²) in [5.41, 5.74) is 2.86. The second-order valence-electron chi connectivity index (χ2n) is 6.38. The standard InChI is InChI=1S/C17H22N4O3/c1-10-8-11(2)21-15(19-10)14(9-18-21)16(22)20-13-6-4-12(5-7-13)17(23)24-3/h8-9,12-13H,4-7H2,1-3H3,(H,20,22). The first kappa shape index (κ1) is 16.4. The van der Waals surface area contributed by atoms with Crippen LogP contribution in [0.4, 0.5) is 0 Å². The molecular weight excluding hydrogens is 308 g/mol. The Hall–Kier alpha value is -2.44. The highest BCUT2D eigenvalue weighted by atomic mass is 16.5. The van der Waals surface area contributed by atoms with Crippen molar-refractivity contribution < 1.29 is 14.3 Å². The van der Waals surface area contributed by atoms with Crippen molar-refractivity contribution in [2.75, 3.05) is 7.11 Å². The number of carbonyl (C=O) groups is 2. The highest BCUT2D eigenvalue weighted by Gasteiger charge is 2.28. The number of aryl methyl sites for hydroxylation is 2. The first-order chi connectivity index (χ1) is 11.5. The van der Waals surface area contributed by atoms with Gasteiger partial charge in [-0.05, 0) is 45.6 Å². The minimum atomic E-state index is -0.163. The third-order valence-electron chi connectivity index (χ3n) is 4.62. The zero-order valence-electron chi connectivity index (χ0n) is 14.2. The van der Waals surface area contributed by atoms with Crippen LogP contribution in [0.3, 0.4) is 0 Å². The number of carbonyl (C=O) groups excluding carboxylic acids is 2. The normalized spacial score (nSPS) is 20.8. The van der Waals surface area contributed by atoms with E-state index in [4.69, 9.17) is 4.74 Å². The van der Waals surface area contributed by atoms with Crippen molar-refractivity contribution in [2.24, 2.45) is 5.92 Å². The molecular formula is C17H22N4O3. The highest BCUT2D eigenvalue weighted by molar-refractivity contribution is 5.99. The third-order valence-corrected chi connectivity index (χ3v) is 4.62. The second-order valence-corrected chi connectivity index (χ2v) is 6.38. The minimum absolute atomic E-state index is 0.0490. The number of methoxy groups -OCH3 is 1. The summed E-state index contributed by atoms with van der Waals surface area (Å²) in [6.07, 6.45) is 4.59. The lowest BCUT2D eigenvalue weighted by Crippen LogP contribution is -2.38. The first-order valence-corrected chi connectivity index (χ1v) is 8.20. The van der Waals surface area contributed by atoms with E-state index in [2.05, 4.69) is 15.4 Å². The maximum absolute atomic E-state index is 12.6. The summed E-state index contributed by atoms with van der Waals surface area (Å²) in [6, 6.07) is 2.00. The Kier molecular flexibility index (Phi) is 4.51. The molecule has 1 saturated carbocycles. The minimum Gasteiger partial charge on any atom is -0.469 e. The Labute approximate surface area is 140 Å². The van der Waals surface area contributed by atoms with Gasteiger partial charge >= 0.3 is 5.97 Å². The molecule has 2 aromatic rings. The van der Waals surface area contributed by atoms with Gasteiger partial charge in [-0.1, -0.05) is 0 Å². The number of hydrogen-bond donors (Lipinski definition) is 1. The molecule has 1 amide bonds. The molecule has 1 aliphatic rings. The van der Waals surface area contributed by atoms with Crippen LogP contribution in [-0.4, -0.2) is 39.6 Å². The quantitative estimate of drug-likeness (QED) is 0.868. The van der Waals surface area contributed by atoms with Gasteiger partial charge in [-0.25, -0.2) is 9.50 Å². The summed E-state index contributed by atoms with van der Waals surface area (Å²) < 4.78 is 6.47. The number of ether oxygens (including phenoxy) is 1. The van der Waals surface area contributed by atoms with Gasteiger partial charge in [-0.3, -0.25) is 9.59 Å². The van der Waals surface area contributed by atoms with E-state index in [0.29, 0.717) is 11.2 Å². The predicted molar refractivity (Wildman–Crippen MR) is 87.7 cm³/mol. The molecule has 0 spiro atoms. The number of fused-ring (bicyclic) bond motifs is 1. The van der Waals surface area contributed by atoms with Gasteiger partial charge in [-0.2, -0.15) is 5.10 Å². The summed E-state index contributed by atoms with van der Waals surface area (Å²) in [5, 5.41) is 7.30. The molecule has 7 nitrogen and oxygen atoms in total. The Morgan fingerprint density at radius 2 is 1.96 bits per heavy atom. The van der Waals surface area contributed by atoms with Crippen molar-refractivity contribution in [3.8, 4) is 0 Å². The monoisotopic (exact) mass is 330 g/mol. The summed E-state index contributed by atoms with van der Waals surface area (Å²) in [4.78, 5) is 28.6. The second kappa shape index (κ2) is 6.59. The van der Waals surface area contributed by atoms with Crippen molar-refractivity contribution >= 4 is 17.5 Å². The van der Waals surface area contributed by atoms with Gasteiger partial charge < -0.3 is 10.1 Å². The Morgan fingerprint density at radius 1 is 1.25 bits per heavy atom. The van der Waals surface area contributed by atoms with Gasteiger partial charge in [-0.15, -0.1) is 0 Å². The third kappa shape index (κ3) is 3.11. The van der Waals surface area contributed by atoms with Crippen LogP contribution in [0, 0.1) is 19.8 Å². The summed E-state index contributed by atoms with van der Waals surface area (Å²) >= 11 is 0. The van der Waals surface area contributed by atoms with Crippen LogP contribution >= 0.6 is 0 Å². The maximum atomic E-state index is 12.6. The first-order valence-electron chi connectivity index (χ1n) is 8.20. The number of rotatable bonds is 3. The van der Waals surface area contributed by atoms with Gasteiger partial charge in [0, 0.05) is 17.4 Å². The Morgan fingerprint density at radius 3 is 2.62 bits per heavy atom. The molecule has 0 radical (unpaired) electrons. The topological polar surface area (TPSA) is 85.6 Å². The highest BCUT2D eigenvalue weighted by Crippen LogP contribution is 2.25. The van der Waals surface area contributed by atoms with Crippen molar-refractivity contribution in [3.05, 3.63) is 29.2 Å². The van der Waals surface area contributed by atoms with Crippen LogP contribution in [0.5, 0.6) is 0 Å². The molecule has 0 bridgehead atoms. The van der Waals surface area contributed by atoms with E-state index >= 15 is 0 Å². The molecule has 0 aliphatic heterocycles. The number of nitrogens with zero attached hydrogens (tertiary/aromatic N) is 3. The van der Waals surface area contributed by atoms with Crippen LogP contribution < -0.4 is 5.32 Å². The number of amides is 1. The lowest BCUT2D eigenvalue weighted by atomic mass is 9.86. The Balaban J connectivity index is 1.69. The molecule has 0 atom stereocenters. The van der Waals surface area contributed by atoms with Crippen molar-refractivity contribution in [3.63, 3.8) is 0 Å². The average Bonchev–Trinajstić information content (AvgIpc) is 2.99. The molecule has 0 unspecified atom stereocenters. The van der Waals surface area contributed by atoms with E-state index < -0.39 is 0 Å². The summed E-state index contributed by atoms with van der Waals surface area (Å²) in [5.74, 6) is -0.367. The Bertz CT molecular complexity index is 775. The lowest BCUT2D eigenvalue weighted by Gasteiger charge is -2.27. The molecule has 1 aliphatic carbocycles. The SMILES string of the molecule is COC(=O)C1CCC(NC(=O)c2cnn3c(C)cc(C)nc23)CC1. The smallest absolute Gasteiger partial charge is 0.308 e. The molecule has 0 aromatic carbocycles. The molecule has 0 saturated heterocycles. The molecule has 2 heterocycles. The van der Waals surface area contributed by atoms with Gasteiger partial charge in [0.15, 0.2) is 5.65 Å². The molecule has 128 valence electrons. The summed E-state index contributed by atoms with van der Waals surface area (Å²) in [6.45, 7) is 3.83. The van der Waals surface area contributed by atoms with Gasteiger partial charge in [0.2, 0.25) is 0 Å². The van der Waals surface area contributed by atoms with E-state index in [1.54, 1.807) is 10.7 Å². The van der Waals surface area contributed by atoms with Crippen molar-refractivity contribution in [1.82, 2.24) is 19.9 Å². The van der Waals surface area contributed by atoms with Crippen LogP contribution in [0.15, 0.2) is 12.3 Å². The fourth-order valence-corrected chi connectivity index (χ4v) is 3.33. The molecule has 7 heteroatoms. The molecule has 2 aromatic heterocycles. The van der Waals surface area contributed by atoms with Gasteiger partial charge in [0.25, 0.3) is 5.91 Å². The lowest BCUT2D eigenvalue weighted by molar-refractivity contribution is -0.146. The largest absolute Gasteiger partial charge is 0.469 e. The van der Waals surface area contributed by atoms with E-state index in [9.17, 15) is 9.59 Å². The average molecular weight is 330 g/mol. The number of aromatic nitrogens is 3. The summed E-state index contributed by atoms with van der Waals surface area (Å²) in [7, 11) is 1.42. The number of nitrogens with one attached hydrogen (secondary N) is 1. The fourth-order valence-electron chi connectivity index (χ4n) is 3.33. The number of hydrogen-bond acceptors (Lipinski definition) is 5. The molecule has 3 rings (SSSR count). The predicted octanol–water partition coefficient (Wildman–Crippen LogP) is 1.81. The molecule has 1 N–H and O–H groups in total. The van der Waals surface area contributed by atoms with Crippen LogP contribution in [-0.2, 0) is 9.53 Å². The van der Waals surface area contributed by atoms with E-state index in [1.807, 2.05) is 19.9 Å². The van der Waals surface area contributed by atoms with Crippen molar-refractivity contribution in [2.45, 2.75) is 45.6 Å². The van der Waals surface area contributed by atoms with Gasteiger partial charge in [0.1, 0.15) is 5.56 Å². The number of esters is 1. The zero-order chi connectivity index (χ0) is 17.3. The van der Waals surface area contributed by atoms with E-state index in [-0.39, 0.29) is 23.8 Å². The van der Waals surface area contributed by atoms with E-state index in [1.165, 1.54) is 7.11 Å². The molecule has 1 fully saturated rings. The van der Waals surface area contributed by atoms with Crippen LogP contribution in [0.25, 0.3) is 5.65 Å². The van der Waals surface area contributed by atoms with Gasteiger partial charge in [0.05, 0.1) is 19.2 Å².